The van der Waals surface area contributed by atoms with Crippen LogP contribution in [0.15, 0.2) is 10.9 Å². The molecule has 0 saturated heterocycles. The molecule has 0 saturated carbocycles. The van der Waals surface area contributed by atoms with Crippen LogP contribution >= 0.6 is 11.3 Å². The molecule has 0 aliphatic heterocycles. The third-order valence-electron chi connectivity index (χ3n) is 2.54. The van der Waals surface area contributed by atoms with Crippen molar-refractivity contribution in [1.29, 1.82) is 0 Å². The summed E-state index contributed by atoms with van der Waals surface area (Å²) in [6, 6.07) is 0. The lowest BCUT2D eigenvalue weighted by molar-refractivity contribution is 0.0684. The van der Waals surface area contributed by atoms with E-state index in [4.69, 9.17) is 4.74 Å². The maximum absolute atomic E-state index is 12.2. The van der Waals surface area contributed by atoms with Gasteiger partial charge >= 0.3 is 0 Å². The molecule has 0 aliphatic carbocycles. The van der Waals surface area contributed by atoms with Crippen molar-refractivity contribution >= 4 is 17.2 Å². The second kappa shape index (κ2) is 8.18. The quantitative estimate of drug-likeness (QED) is 0.712. The molecule has 1 aromatic heterocycles. The summed E-state index contributed by atoms with van der Waals surface area (Å²) in [6.45, 7) is 2.86. The van der Waals surface area contributed by atoms with E-state index in [1.54, 1.807) is 18.0 Å². The minimum atomic E-state index is -0.00736. The van der Waals surface area contributed by atoms with Crippen LogP contribution in [0.5, 0.6) is 0 Å². The van der Waals surface area contributed by atoms with Gasteiger partial charge < -0.3 is 14.5 Å². The zero-order chi connectivity index (χ0) is 13.4. The number of rotatable bonds is 8. The summed E-state index contributed by atoms with van der Waals surface area (Å²) >= 11 is 1.44. The standard InChI is InChI=1S/C12H21N3O2S/c1-14(2)5-4-6-15(7-8-17-3)12(16)11-9-18-10-13-11/h9-10H,4-8H2,1-3H3. The van der Waals surface area contributed by atoms with Gasteiger partial charge in [-0.05, 0) is 27.1 Å². The number of amides is 1. The molecule has 18 heavy (non-hydrogen) atoms. The Morgan fingerprint density at radius 3 is 2.72 bits per heavy atom. The van der Waals surface area contributed by atoms with Gasteiger partial charge in [-0.2, -0.15) is 0 Å². The number of ether oxygens (including phenoxy) is 1. The first-order valence-electron chi connectivity index (χ1n) is 5.96. The van der Waals surface area contributed by atoms with Crippen LogP contribution in [0.1, 0.15) is 16.9 Å². The molecule has 0 unspecified atom stereocenters. The van der Waals surface area contributed by atoms with E-state index in [9.17, 15) is 4.79 Å². The van der Waals surface area contributed by atoms with Crippen LogP contribution in [0, 0.1) is 0 Å². The SMILES string of the molecule is COCCN(CCCN(C)C)C(=O)c1cscn1. The fourth-order valence-corrected chi connectivity index (χ4v) is 2.10. The molecule has 1 amide bonds. The summed E-state index contributed by atoms with van der Waals surface area (Å²) in [5, 5.41) is 1.79. The Bertz CT molecular complexity index is 341. The largest absolute Gasteiger partial charge is 0.383 e. The molecule has 0 fully saturated rings. The van der Waals surface area contributed by atoms with E-state index in [0.717, 1.165) is 19.5 Å². The van der Waals surface area contributed by atoms with E-state index in [0.29, 0.717) is 18.8 Å². The lowest BCUT2D eigenvalue weighted by Crippen LogP contribution is -2.36. The van der Waals surface area contributed by atoms with E-state index >= 15 is 0 Å². The zero-order valence-corrected chi connectivity index (χ0v) is 12.1. The van der Waals surface area contributed by atoms with Crippen molar-refractivity contribution in [2.24, 2.45) is 0 Å². The molecule has 1 aromatic rings. The third-order valence-corrected chi connectivity index (χ3v) is 3.12. The first kappa shape index (κ1) is 15.1. The molecule has 1 heterocycles. The second-order valence-corrected chi connectivity index (χ2v) is 5.03. The van der Waals surface area contributed by atoms with E-state index in [-0.39, 0.29) is 5.91 Å². The number of thiazole rings is 1. The molecule has 0 aromatic carbocycles. The number of carbonyl (C=O) groups is 1. The summed E-state index contributed by atoms with van der Waals surface area (Å²) < 4.78 is 5.05. The van der Waals surface area contributed by atoms with Crippen LogP contribution in [-0.4, -0.2) is 68.1 Å². The Balaban J connectivity index is 2.51. The van der Waals surface area contributed by atoms with Crippen LogP contribution in [0.4, 0.5) is 0 Å². The molecule has 0 N–H and O–H groups in total. The van der Waals surface area contributed by atoms with Crippen molar-refractivity contribution in [1.82, 2.24) is 14.8 Å². The zero-order valence-electron chi connectivity index (χ0n) is 11.3. The number of hydrogen-bond donors (Lipinski definition) is 0. The molecular formula is C12H21N3O2S. The van der Waals surface area contributed by atoms with Gasteiger partial charge in [-0.25, -0.2) is 4.98 Å². The van der Waals surface area contributed by atoms with Crippen molar-refractivity contribution in [3.8, 4) is 0 Å². The summed E-state index contributed by atoms with van der Waals surface area (Å²) in [5.41, 5.74) is 2.21. The van der Waals surface area contributed by atoms with Gasteiger partial charge in [0.25, 0.3) is 5.91 Å². The molecule has 0 aliphatic rings. The predicted octanol–water partition coefficient (Wildman–Crippen LogP) is 1.18. The highest BCUT2D eigenvalue weighted by Crippen LogP contribution is 2.06. The van der Waals surface area contributed by atoms with Crippen LogP contribution in [0.3, 0.4) is 0 Å². The van der Waals surface area contributed by atoms with Crippen LogP contribution < -0.4 is 0 Å². The normalized spacial score (nSPS) is 10.9. The summed E-state index contributed by atoms with van der Waals surface area (Å²) in [7, 11) is 5.70. The molecule has 1 rings (SSSR count). The van der Waals surface area contributed by atoms with E-state index in [2.05, 4.69) is 9.88 Å². The van der Waals surface area contributed by atoms with Gasteiger partial charge in [-0.3, -0.25) is 4.79 Å². The van der Waals surface area contributed by atoms with E-state index in [1.807, 2.05) is 19.0 Å². The highest BCUT2D eigenvalue weighted by atomic mass is 32.1. The highest BCUT2D eigenvalue weighted by Gasteiger charge is 2.16. The number of methoxy groups -OCH3 is 1. The molecule has 0 bridgehead atoms. The average molecular weight is 271 g/mol. The topological polar surface area (TPSA) is 45.7 Å². The van der Waals surface area contributed by atoms with E-state index in [1.165, 1.54) is 11.3 Å². The van der Waals surface area contributed by atoms with Crippen molar-refractivity contribution in [3.63, 3.8) is 0 Å². The first-order valence-corrected chi connectivity index (χ1v) is 6.90. The third kappa shape index (κ3) is 5.12. The average Bonchev–Trinajstić information content (AvgIpc) is 2.86. The van der Waals surface area contributed by atoms with Gasteiger partial charge in [0.15, 0.2) is 0 Å². The number of nitrogens with zero attached hydrogens (tertiary/aromatic N) is 3. The molecule has 0 spiro atoms. The van der Waals surface area contributed by atoms with Crippen LogP contribution in [0.25, 0.3) is 0 Å². The molecule has 5 nitrogen and oxygen atoms in total. The lowest BCUT2D eigenvalue weighted by Gasteiger charge is -2.22. The summed E-state index contributed by atoms with van der Waals surface area (Å²) in [5.74, 6) is -0.00736. The molecule has 6 heteroatoms. The maximum Gasteiger partial charge on any atom is 0.273 e. The minimum absolute atomic E-state index is 0.00736. The maximum atomic E-state index is 12.2. The molecule has 102 valence electrons. The van der Waals surface area contributed by atoms with Gasteiger partial charge in [0.2, 0.25) is 0 Å². The Labute approximate surface area is 112 Å². The fraction of sp³-hybridized carbons (Fsp3) is 0.667. The van der Waals surface area contributed by atoms with Gasteiger partial charge in [0.1, 0.15) is 5.69 Å². The molecular weight excluding hydrogens is 250 g/mol. The van der Waals surface area contributed by atoms with Crippen LogP contribution in [0.2, 0.25) is 0 Å². The van der Waals surface area contributed by atoms with Gasteiger partial charge in [0.05, 0.1) is 12.1 Å². The Hall–Kier alpha value is -0.980. The number of hydrogen-bond acceptors (Lipinski definition) is 5. The minimum Gasteiger partial charge on any atom is -0.383 e. The predicted molar refractivity (Wildman–Crippen MR) is 73.1 cm³/mol. The van der Waals surface area contributed by atoms with E-state index < -0.39 is 0 Å². The second-order valence-electron chi connectivity index (χ2n) is 4.32. The van der Waals surface area contributed by atoms with Gasteiger partial charge in [0, 0.05) is 25.6 Å². The lowest BCUT2D eigenvalue weighted by atomic mass is 10.3. The Kier molecular flexibility index (Phi) is 6.85. The highest BCUT2D eigenvalue weighted by molar-refractivity contribution is 7.07. The van der Waals surface area contributed by atoms with Crippen molar-refractivity contribution in [2.45, 2.75) is 6.42 Å². The number of aromatic nitrogens is 1. The Morgan fingerprint density at radius 2 is 2.17 bits per heavy atom. The first-order chi connectivity index (χ1) is 8.65. The van der Waals surface area contributed by atoms with Crippen molar-refractivity contribution in [2.75, 3.05) is 47.4 Å². The smallest absolute Gasteiger partial charge is 0.273 e. The summed E-state index contributed by atoms with van der Waals surface area (Å²) in [6.07, 6.45) is 0.951. The Morgan fingerprint density at radius 1 is 1.39 bits per heavy atom. The summed E-state index contributed by atoms with van der Waals surface area (Å²) in [4.78, 5) is 20.2. The monoisotopic (exact) mass is 271 g/mol. The molecule has 0 radical (unpaired) electrons. The molecule has 0 atom stereocenters. The van der Waals surface area contributed by atoms with Gasteiger partial charge in [-0.1, -0.05) is 0 Å². The fourth-order valence-electron chi connectivity index (χ4n) is 1.57. The van der Waals surface area contributed by atoms with Crippen LogP contribution in [-0.2, 0) is 4.74 Å². The van der Waals surface area contributed by atoms with Gasteiger partial charge in [-0.15, -0.1) is 11.3 Å². The van der Waals surface area contributed by atoms with Crippen molar-refractivity contribution in [3.05, 3.63) is 16.6 Å². The number of carbonyl (C=O) groups excluding carboxylic acids is 1. The van der Waals surface area contributed by atoms with Crippen molar-refractivity contribution < 1.29 is 9.53 Å².